The van der Waals surface area contributed by atoms with Crippen LogP contribution in [0.5, 0.6) is 0 Å². The lowest BCUT2D eigenvalue weighted by atomic mass is 10.2. The minimum absolute atomic E-state index is 0.0613. The molecule has 1 aliphatic heterocycles. The topological polar surface area (TPSA) is 62.5 Å². The Labute approximate surface area is 186 Å². The molecule has 0 radical (unpaired) electrons. The molecule has 1 N–H and O–H groups in total. The molecule has 1 fully saturated rings. The Morgan fingerprint density at radius 2 is 1.97 bits per heavy atom. The molecule has 0 bridgehead atoms. The molecule has 1 aliphatic rings. The lowest BCUT2D eigenvalue weighted by molar-refractivity contribution is -0.138. The molecular weight excluding hydrogens is 449 g/mol. The molecule has 2 aromatic rings. The zero-order valence-corrected chi connectivity index (χ0v) is 18.3. The predicted molar refractivity (Wildman–Crippen MR) is 117 cm³/mol. The molecule has 0 atom stereocenters. The third kappa shape index (κ3) is 5.01. The van der Waals surface area contributed by atoms with Crippen LogP contribution >= 0.6 is 24.0 Å². The number of nitrogens with zero attached hydrogens (tertiary/aromatic N) is 2. The first-order valence-corrected chi connectivity index (χ1v) is 10.5. The van der Waals surface area contributed by atoms with Gasteiger partial charge in [-0.15, -0.1) is 0 Å². The lowest BCUT2D eigenvalue weighted by Gasteiger charge is -2.13. The summed E-state index contributed by atoms with van der Waals surface area (Å²) in [5.74, 6) is -1.24. The van der Waals surface area contributed by atoms with Crippen molar-refractivity contribution in [2.45, 2.75) is 32.9 Å². The van der Waals surface area contributed by atoms with Gasteiger partial charge in [0, 0.05) is 30.0 Å². The normalized spacial score (nSPS) is 15.9. The van der Waals surface area contributed by atoms with E-state index in [4.69, 9.17) is 17.3 Å². The zero-order chi connectivity index (χ0) is 22.9. The molecule has 0 aliphatic carbocycles. The van der Waals surface area contributed by atoms with Gasteiger partial charge in [0.1, 0.15) is 4.32 Å². The summed E-state index contributed by atoms with van der Waals surface area (Å²) in [6, 6.07) is 6.87. The Bertz CT molecular complexity index is 1090. The molecule has 1 amide bonds. The number of hydrogen-bond donors (Lipinski definition) is 1. The summed E-state index contributed by atoms with van der Waals surface area (Å²) in [5, 5.41) is 8.76. The summed E-state index contributed by atoms with van der Waals surface area (Å²) in [4.78, 5) is 25.2. The highest BCUT2D eigenvalue weighted by Gasteiger charge is 2.32. The number of carbonyl (C=O) groups excluding carboxylic acids is 1. The second kappa shape index (κ2) is 8.88. The van der Waals surface area contributed by atoms with Crippen LogP contribution in [0.1, 0.15) is 35.4 Å². The Kier molecular flexibility index (Phi) is 6.61. The minimum atomic E-state index is -4.44. The number of alkyl halides is 3. The van der Waals surface area contributed by atoms with E-state index in [2.05, 4.69) is 0 Å². The van der Waals surface area contributed by atoms with Crippen molar-refractivity contribution in [2.24, 2.45) is 0 Å². The molecule has 2 heterocycles. The number of hydrogen-bond acceptors (Lipinski definition) is 4. The second-order valence-corrected chi connectivity index (χ2v) is 8.72. The Balaban J connectivity index is 1.89. The van der Waals surface area contributed by atoms with Crippen molar-refractivity contribution in [3.8, 4) is 5.69 Å². The number of aromatic nitrogens is 1. The molecule has 10 heteroatoms. The van der Waals surface area contributed by atoms with Gasteiger partial charge in [-0.1, -0.05) is 30.0 Å². The van der Waals surface area contributed by atoms with Gasteiger partial charge >= 0.3 is 12.1 Å². The largest absolute Gasteiger partial charge is 0.481 e. The SMILES string of the molecule is Cc1cc(C=C2SC(=S)N(CCCC(=O)O)C2=O)c(C)n1-c1cccc(C(F)(F)F)c1. The van der Waals surface area contributed by atoms with Crippen molar-refractivity contribution in [1.82, 2.24) is 9.47 Å². The maximum Gasteiger partial charge on any atom is 0.416 e. The predicted octanol–water partition coefficient (Wildman–Crippen LogP) is 5.18. The molecule has 0 unspecified atom stereocenters. The van der Waals surface area contributed by atoms with Gasteiger partial charge in [-0.3, -0.25) is 14.5 Å². The fraction of sp³-hybridized carbons (Fsp3) is 0.286. The lowest BCUT2D eigenvalue weighted by Crippen LogP contribution is -2.29. The van der Waals surface area contributed by atoms with E-state index in [9.17, 15) is 22.8 Å². The van der Waals surface area contributed by atoms with Crippen LogP contribution in [0.2, 0.25) is 0 Å². The van der Waals surface area contributed by atoms with Crippen molar-refractivity contribution in [3.05, 3.63) is 57.8 Å². The molecule has 0 saturated carbocycles. The number of benzene rings is 1. The van der Waals surface area contributed by atoms with Crippen LogP contribution in [0.15, 0.2) is 35.2 Å². The Morgan fingerprint density at radius 1 is 1.26 bits per heavy atom. The molecular formula is C21H19F3N2O3S2. The van der Waals surface area contributed by atoms with Gasteiger partial charge in [0.2, 0.25) is 0 Å². The number of aliphatic carboxylic acids is 1. The molecule has 1 saturated heterocycles. The fourth-order valence-corrected chi connectivity index (χ4v) is 4.67. The molecule has 0 spiro atoms. The van der Waals surface area contributed by atoms with Gasteiger partial charge in [0.25, 0.3) is 5.91 Å². The van der Waals surface area contributed by atoms with Crippen LogP contribution < -0.4 is 0 Å². The first kappa shape index (κ1) is 23.1. The zero-order valence-electron chi connectivity index (χ0n) is 16.7. The molecule has 3 rings (SSSR count). The number of rotatable bonds is 6. The van der Waals surface area contributed by atoms with Gasteiger partial charge < -0.3 is 9.67 Å². The summed E-state index contributed by atoms with van der Waals surface area (Å²) in [6.07, 6.45) is -2.54. The number of amides is 1. The van der Waals surface area contributed by atoms with E-state index in [0.29, 0.717) is 32.6 Å². The summed E-state index contributed by atoms with van der Waals surface area (Å²) < 4.78 is 41.4. The Hall–Kier alpha value is -2.59. The highest BCUT2D eigenvalue weighted by Crippen LogP contribution is 2.35. The smallest absolute Gasteiger partial charge is 0.416 e. The summed E-state index contributed by atoms with van der Waals surface area (Å²) in [5.41, 5.74) is 1.75. The van der Waals surface area contributed by atoms with Gasteiger partial charge in [-0.05, 0) is 56.2 Å². The standard InChI is InChI=1S/C21H19F3N2O3S2/c1-12-9-14(10-17-19(29)25(20(30)31-17)8-4-7-18(27)28)13(2)26(12)16-6-3-5-15(11-16)21(22,23)24/h3,5-6,9-11H,4,7-8H2,1-2H3,(H,27,28). The van der Waals surface area contributed by atoms with E-state index >= 15 is 0 Å². The average Bonchev–Trinajstić information content (AvgIpc) is 3.10. The highest BCUT2D eigenvalue weighted by molar-refractivity contribution is 8.26. The molecule has 1 aromatic carbocycles. The average molecular weight is 469 g/mol. The minimum Gasteiger partial charge on any atom is -0.481 e. The van der Waals surface area contributed by atoms with Crippen LogP contribution in [0.4, 0.5) is 13.2 Å². The number of carbonyl (C=O) groups is 2. The summed E-state index contributed by atoms with van der Waals surface area (Å²) >= 11 is 6.37. The van der Waals surface area contributed by atoms with Crippen LogP contribution in [0.3, 0.4) is 0 Å². The van der Waals surface area contributed by atoms with Gasteiger partial charge in [0.05, 0.1) is 10.5 Å². The van der Waals surface area contributed by atoms with Crippen molar-refractivity contribution >= 4 is 46.3 Å². The van der Waals surface area contributed by atoms with Crippen LogP contribution in [0, 0.1) is 13.8 Å². The number of carboxylic acids is 1. The first-order valence-electron chi connectivity index (χ1n) is 9.33. The molecule has 164 valence electrons. The van der Waals surface area contributed by atoms with E-state index in [-0.39, 0.29) is 18.9 Å². The van der Waals surface area contributed by atoms with E-state index in [0.717, 1.165) is 29.6 Å². The van der Waals surface area contributed by atoms with Gasteiger partial charge in [0.15, 0.2) is 0 Å². The highest BCUT2D eigenvalue weighted by atomic mass is 32.2. The molecule has 1 aromatic heterocycles. The number of halogens is 3. The van der Waals surface area contributed by atoms with Crippen molar-refractivity contribution in [2.75, 3.05) is 6.54 Å². The number of thioether (sulfide) groups is 1. The van der Waals surface area contributed by atoms with E-state index in [1.165, 1.54) is 11.0 Å². The third-order valence-corrected chi connectivity index (χ3v) is 6.21. The third-order valence-electron chi connectivity index (χ3n) is 4.83. The monoisotopic (exact) mass is 468 g/mol. The summed E-state index contributed by atoms with van der Waals surface area (Å²) in [7, 11) is 0. The van der Waals surface area contributed by atoms with Crippen LogP contribution in [0.25, 0.3) is 11.8 Å². The van der Waals surface area contributed by atoms with Gasteiger partial charge in [-0.2, -0.15) is 13.2 Å². The van der Waals surface area contributed by atoms with E-state index < -0.39 is 17.7 Å². The van der Waals surface area contributed by atoms with Crippen molar-refractivity contribution < 1.29 is 27.9 Å². The summed E-state index contributed by atoms with van der Waals surface area (Å²) in [6.45, 7) is 3.77. The Morgan fingerprint density at radius 3 is 2.61 bits per heavy atom. The number of thiocarbonyl (C=S) groups is 1. The van der Waals surface area contributed by atoms with E-state index in [1.807, 2.05) is 0 Å². The quantitative estimate of drug-likeness (QED) is 0.468. The van der Waals surface area contributed by atoms with Crippen LogP contribution in [-0.4, -0.2) is 37.3 Å². The van der Waals surface area contributed by atoms with E-state index in [1.54, 1.807) is 36.6 Å². The number of aryl methyl sites for hydroxylation is 1. The number of carboxylic acid groups (broad SMARTS) is 1. The second-order valence-electron chi connectivity index (χ2n) is 7.04. The van der Waals surface area contributed by atoms with Crippen LogP contribution in [-0.2, 0) is 15.8 Å². The maximum absolute atomic E-state index is 13.1. The molecule has 5 nitrogen and oxygen atoms in total. The molecule has 31 heavy (non-hydrogen) atoms. The van der Waals surface area contributed by atoms with Crippen molar-refractivity contribution in [3.63, 3.8) is 0 Å². The fourth-order valence-electron chi connectivity index (χ4n) is 3.37. The maximum atomic E-state index is 13.1. The van der Waals surface area contributed by atoms with Crippen molar-refractivity contribution in [1.29, 1.82) is 0 Å². The van der Waals surface area contributed by atoms with Gasteiger partial charge in [-0.25, -0.2) is 0 Å². The first-order chi connectivity index (χ1) is 14.5.